The van der Waals surface area contributed by atoms with Gasteiger partial charge in [0.25, 0.3) is 0 Å². The molecule has 1 unspecified atom stereocenters. The van der Waals surface area contributed by atoms with Gasteiger partial charge in [-0.3, -0.25) is 9.59 Å². The molecule has 2 aromatic rings. The summed E-state index contributed by atoms with van der Waals surface area (Å²) in [6.45, 7) is 2.91. The molecule has 1 atom stereocenters. The summed E-state index contributed by atoms with van der Waals surface area (Å²) in [6, 6.07) is 14.7. The third kappa shape index (κ3) is 4.04. The van der Waals surface area contributed by atoms with Crippen LogP contribution in [0, 0.1) is 24.2 Å². The summed E-state index contributed by atoms with van der Waals surface area (Å²) in [5.41, 5.74) is 3.08. The number of carbonyl (C=O) groups excluding carboxylic acids is 2. The molecular weight excluding hydrogens is 350 g/mol. The zero-order valence-electron chi connectivity index (χ0n) is 14.3. The highest BCUT2D eigenvalue weighted by Crippen LogP contribution is 2.24. The molecule has 2 aromatic carbocycles. The van der Waals surface area contributed by atoms with E-state index in [9.17, 15) is 9.59 Å². The average Bonchev–Trinajstić information content (AvgIpc) is 2.98. The second-order valence-electron chi connectivity index (χ2n) is 6.46. The molecule has 1 N–H and O–H groups in total. The highest BCUT2D eigenvalue weighted by atomic mass is 35.5. The Labute approximate surface area is 157 Å². The normalized spacial score (nSPS) is 16.4. The second-order valence-corrected chi connectivity index (χ2v) is 6.86. The number of nitrogens with zero attached hydrogens (tertiary/aromatic N) is 2. The number of nitriles is 1. The molecule has 0 saturated carbocycles. The maximum absolute atomic E-state index is 12.5. The zero-order chi connectivity index (χ0) is 18.7. The summed E-state index contributed by atoms with van der Waals surface area (Å²) in [5, 5.41) is 12.0. The van der Waals surface area contributed by atoms with Gasteiger partial charge >= 0.3 is 0 Å². The van der Waals surface area contributed by atoms with E-state index in [0.717, 1.165) is 5.56 Å². The maximum Gasteiger partial charge on any atom is 0.229 e. The number of hydrogen-bond acceptors (Lipinski definition) is 3. The fraction of sp³-hybridized carbons (Fsp3) is 0.250. The summed E-state index contributed by atoms with van der Waals surface area (Å²) in [7, 11) is 0. The van der Waals surface area contributed by atoms with E-state index in [1.54, 1.807) is 23.1 Å². The van der Waals surface area contributed by atoms with Crippen molar-refractivity contribution < 1.29 is 9.59 Å². The van der Waals surface area contributed by atoms with Crippen LogP contribution in [0.1, 0.15) is 23.1 Å². The molecule has 1 aliphatic heterocycles. The van der Waals surface area contributed by atoms with Crippen molar-refractivity contribution in [1.82, 2.24) is 4.90 Å². The van der Waals surface area contributed by atoms with E-state index < -0.39 is 5.92 Å². The van der Waals surface area contributed by atoms with Crippen LogP contribution in [0.25, 0.3) is 0 Å². The molecule has 6 heteroatoms. The topological polar surface area (TPSA) is 73.2 Å². The van der Waals surface area contributed by atoms with Crippen LogP contribution in [0.2, 0.25) is 5.02 Å². The number of carbonyl (C=O) groups is 2. The van der Waals surface area contributed by atoms with Crippen molar-refractivity contribution in [2.24, 2.45) is 5.92 Å². The largest absolute Gasteiger partial charge is 0.338 e. The predicted molar refractivity (Wildman–Crippen MR) is 99.5 cm³/mol. The van der Waals surface area contributed by atoms with E-state index in [2.05, 4.69) is 5.32 Å². The first-order valence-electron chi connectivity index (χ1n) is 8.30. The van der Waals surface area contributed by atoms with Gasteiger partial charge in [0, 0.05) is 25.2 Å². The smallest absolute Gasteiger partial charge is 0.229 e. The van der Waals surface area contributed by atoms with E-state index >= 15 is 0 Å². The van der Waals surface area contributed by atoms with Gasteiger partial charge in [0.1, 0.15) is 6.07 Å². The zero-order valence-corrected chi connectivity index (χ0v) is 15.1. The molecule has 26 heavy (non-hydrogen) atoms. The van der Waals surface area contributed by atoms with Gasteiger partial charge in [-0.1, -0.05) is 41.4 Å². The van der Waals surface area contributed by atoms with Crippen molar-refractivity contribution in [2.45, 2.75) is 19.9 Å². The van der Waals surface area contributed by atoms with E-state index in [1.165, 1.54) is 5.56 Å². The van der Waals surface area contributed by atoms with Gasteiger partial charge in [0.15, 0.2) is 0 Å². The van der Waals surface area contributed by atoms with Crippen LogP contribution in [0.4, 0.5) is 5.69 Å². The number of aryl methyl sites for hydroxylation is 1. The average molecular weight is 368 g/mol. The number of nitrogens with one attached hydrogen (secondary N) is 1. The Bertz CT molecular complexity index is 887. The maximum atomic E-state index is 12.5. The molecule has 1 fully saturated rings. The van der Waals surface area contributed by atoms with Crippen LogP contribution >= 0.6 is 11.6 Å². The van der Waals surface area contributed by atoms with Crippen molar-refractivity contribution in [3.63, 3.8) is 0 Å². The van der Waals surface area contributed by atoms with Gasteiger partial charge in [-0.25, -0.2) is 0 Å². The van der Waals surface area contributed by atoms with Crippen molar-refractivity contribution in [2.75, 3.05) is 11.9 Å². The Balaban J connectivity index is 1.62. The Morgan fingerprint density at radius 1 is 1.31 bits per heavy atom. The monoisotopic (exact) mass is 367 g/mol. The van der Waals surface area contributed by atoms with Crippen LogP contribution < -0.4 is 5.32 Å². The molecule has 0 aliphatic carbocycles. The van der Waals surface area contributed by atoms with E-state index in [1.807, 2.05) is 37.3 Å². The van der Waals surface area contributed by atoms with E-state index in [-0.39, 0.29) is 23.3 Å². The Morgan fingerprint density at radius 3 is 2.69 bits per heavy atom. The first kappa shape index (κ1) is 18.0. The molecule has 2 amide bonds. The lowest BCUT2D eigenvalue weighted by Gasteiger charge is -2.17. The molecular formula is C20H18ClN3O2. The number of rotatable bonds is 4. The lowest BCUT2D eigenvalue weighted by atomic mass is 10.1. The van der Waals surface area contributed by atoms with Crippen molar-refractivity contribution in [3.8, 4) is 6.07 Å². The first-order valence-corrected chi connectivity index (χ1v) is 8.68. The quantitative estimate of drug-likeness (QED) is 0.898. The highest BCUT2D eigenvalue weighted by Gasteiger charge is 2.34. The Kier molecular flexibility index (Phi) is 5.24. The van der Waals surface area contributed by atoms with Crippen molar-refractivity contribution >= 4 is 29.1 Å². The minimum Gasteiger partial charge on any atom is -0.338 e. The van der Waals surface area contributed by atoms with Crippen LogP contribution in [-0.4, -0.2) is 23.3 Å². The summed E-state index contributed by atoms with van der Waals surface area (Å²) in [5.74, 6) is -0.642. The molecule has 1 saturated heterocycles. The number of hydrogen-bond donors (Lipinski definition) is 1. The fourth-order valence-electron chi connectivity index (χ4n) is 2.94. The number of anilines is 1. The van der Waals surface area contributed by atoms with Crippen LogP contribution in [0.5, 0.6) is 0 Å². The standard InChI is InChI=1S/C20H18ClN3O2/c1-13-2-4-14(5-3-13)11-24-12-16(8-19(24)25)20(26)23-17-7-6-15(10-22)18(21)9-17/h2-7,9,16H,8,11-12H2,1H3,(H,23,26). The minimum atomic E-state index is -0.401. The number of benzene rings is 2. The minimum absolute atomic E-state index is 0.0245. The number of halogens is 1. The molecule has 0 aromatic heterocycles. The van der Waals surface area contributed by atoms with Crippen LogP contribution in [-0.2, 0) is 16.1 Å². The third-order valence-corrected chi connectivity index (χ3v) is 4.75. The van der Waals surface area contributed by atoms with Crippen molar-refractivity contribution in [3.05, 3.63) is 64.2 Å². The number of amides is 2. The Morgan fingerprint density at radius 2 is 2.04 bits per heavy atom. The third-order valence-electron chi connectivity index (χ3n) is 4.44. The Hall–Kier alpha value is -2.84. The van der Waals surface area contributed by atoms with Gasteiger partial charge in [-0.15, -0.1) is 0 Å². The molecule has 3 rings (SSSR count). The van der Waals surface area contributed by atoms with E-state index in [4.69, 9.17) is 16.9 Å². The van der Waals surface area contributed by atoms with Gasteiger partial charge in [-0.2, -0.15) is 5.26 Å². The molecule has 0 radical (unpaired) electrons. The number of likely N-dealkylation sites (tertiary alicyclic amines) is 1. The van der Waals surface area contributed by atoms with Crippen LogP contribution in [0.3, 0.4) is 0 Å². The summed E-state index contributed by atoms with van der Waals surface area (Å²) >= 11 is 5.98. The van der Waals surface area contributed by atoms with Gasteiger partial charge in [0.2, 0.25) is 11.8 Å². The summed E-state index contributed by atoms with van der Waals surface area (Å²) in [4.78, 5) is 26.4. The lowest BCUT2D eigenvalue weighted by Crippen LogP contribution is -2.28. The molecule has 5 nitrogen and oxygen atoms in total. The highest BCUT2D eigenvalue weighted by molar-refractivity contribution is 6.32. The molecule has 1 heterocycles. The van der Waals surface area contributed by atoms with Gasteiger partial charge in [-0.05, 0) is 30.7 Å². The predicted octanol–water partition coefficient (Wildman–Crippen LogP) is 3.51. The second kappa shape index (κ2) is 7.59. The summed E-state index contributed by atoms with van der Waals surface area (Å²) in [6.07, 6.45) is 0.196. The molecule has 1 aliphatic rings. The molecule has 132 valence electrons. The fourth-order valence-corrected chi connectivity index (χ4v) is 3.17. The van der Waals surface area contributed by atoms with E-state index in [0.29, 0.717) is 24.3 Å². The lowest BCUT2D eigenvalue weighted by molar-refractivity contribution is -0.128. The molecule has 0 bridgehead atoms. The van der Waals surface area contributed by atoms with Gasteiger partial charge < -0.3 is 10.2 Å². The molecule has 0 spiro atoms. The summed E-state index contributed by atoms with van der Waals surface area (Å²) < 4.78 is 0. The van der Waals surface area contributed by atoms with Gasteiger partial charge in [0.05, 0.1) is 16.5 Å². The van der Waals surface area contributed by atoms with Crippen LogP contribution in [0.15, 0.2) is 42.5 Å². The SMILES string of the molecule is Cc1ccc(CN2CC(C(=O)Nc3ccc(C#N)c(Cl)c3)CC2=O)cc1. The first-order chi connectivity index (χ1) is 12.5. The van der Waals surface area contributed by atoms with Crippen molar-refractivity contribution in [1.29, 1.82) is 5.26 Å².